The second-order valence-electron chi connectivity index (χ2n) is 6.88. The Kier molecular flexibility index (Phi) is 4.35. The van der Waals surface area contributed by atoms with Crippen molar-refractivity contribution in [3.8, 4) is 0 Å². The van der Waals surface area contributed by atoms with E-state index in [0.29, 0.717) is 33.7 Å². The van der Waals surface area contributed by atoms with E-state index >= 15 is 0 Å². The van der Waals surface area contributed by atoms with Crippen LogP contribution in [0.5, 0.6) is 0 Å². The van der Waals surface area contributed by atoms with E-state index in [9.17, 15) is 9.59 Å². The number of hydrogen-bond acceptors (Lipinski definition) is 5. The van der Waals surface area contributed by atoms with Crippen LogP contribution in [0, 0.1) is 0 Å². The summed E-state index contributed by atoms with van der Waals surface area (Å²) in [5, 5.41) is 7.28. The summed E-state index contributed by atoms with van der Waals surface area (Å²) < 4.78 is 4.30. The fourth-order valence-corrected chi connectivity index (χ4v) is 3.70. The van der Waals surface area contributed by atoms with Crippen molar-refractivity contribution in [2.45, 2.75) is 26.4 Å². The highest BCUT2D eigenvalue weighted by molar-refractivity contribution is 6.42. The number of aromatic nitrogens is 4. The van der Waals surface area contributed by atoms with Gasteiger partial charge in [0.05, 0.1) is 28.3 Å². The molecule has 0 amide bonds. The zero-order valence-corrected chi connectivity index (χ0v) is 17.3. The molecule has 3 aromatic rings. The number of rotatable bonds is 2. The largest absolute Gasteiger partial charge is 0.332 e. The van der Waals surface area contributed by atoms with E-state index in [1.807, 2.05) is 24.5 Å². The Morgan fingerprint density at radius 3 is 2.50 bits per heavy atom. The molecule has 0 unspecified atom stereocenters. The van der Waals surface area contributed by atoms with Gasteiger partial charge in [0.2, 0.25) is 5.95 Å². The van der Waals surface area contributed by atoms with Crippen molar-refractivity contribution in [2.24, 2.45) is 19.2 Å². The molecule has 10 heteroatoms. The van der Waals surface area contributed by atoms with Gasteiger partial charge in [-0.1, -0.05) is 29.3 Å². The van der Waals surface area contributed by atoms with E-state index in [0.717, 1.165) is 15.8 Å². The van der Waals surface area contributed by atoms with Crippen LogP contribution in [0.1, 0.15) is 25.5 Å². The lowest BCUT2D eigenvalue weighted by Crippen LogP contribution is -2.38. The third-order valence-corrected chi connectivity index (χ3v) is 5.83. The molecular formula is C18H18Cl2N6O2. The third-order valence-electron chi connectivity index (χ3n) is 5.09. The van der Waals surface area contributed by atoms with Gasteiger partial charge < -0.3 is 0 Å². The first-order valence-electron chi connectivity index (χ1n) is 8.65. The van der Waals surface area contributed by atoms with Gasteiger partial charge in [-0.2, -0.15) is 10.1 Å². The fraction of sp³-hybridized carbons (Fsp3) is 0.333. The molecule has 1 aromatic carbocycles. The smallest absolute Gasteiger partial charge is 0.294 e. The van der Waals surface area contributed by atoms with Crippen molar-refractivity contribution in [3.63, 3.8) is 0 Å². The van der Waals surface area contributed by atoms with Gasteiger partial charge in [-0.25, -0.2) is 9.80 Å². The maximum atomic E-state index is 12.8. The Morgan fingerprint density at radius 1 is 1.11 bits per heavy atom. The molecule has 8 nitrogen and oxygen atoms in total. The lowest BCUT2D eigenvalue weighted by molar-refractivity contribution is 0.634. The minimum absolute atomic E-state index is 0.171. The molecule has 1 aliphatic rings. The van der Waals surface area contributed by atoms with E-state index in [2.05, 4.69) is 10.1 Å². The van der Waals surface area contributed by atoms with Gasteiger partial charge >= 0.3 is 5.69 Å². The number of nitrogens with zero attached hydrogens (tertiary/aromatic N) is 6. The molecule has 0 radical (unpaired) electrons. The van der Waals surface area contributed by atoms with E-state index in [4.69, 9.17) is 23.2 Å². The molecule has 2 aromatic heterocycles. The zero-order chi connectivity index (χ0) is 20.3. The number of benzene rings is 1. The number of hydrazone groups is 1. The van der Waals surface area contributed by atoms with Crippen molar-refractivity contribution >= 4 is 46.0 Å². The number of fused-ring (bicyclic) bond motifs is 3. The van der Waals surface area contributed by atoms with Gasteiger partial charge in [-0.3, -0.25) is 18.5 Å². The number of anilines is 1. The van der Waals surface area contributed by atoms with Crippen LogP contribution >= 0.6 is 23.2 Å². The summed E-state index contributed by atoms with van der Waals surface area (Å²) in [7, 11) is 3.07. The van der Waals surface area contributed by atoms with Gasteiger partial charge in [-0.15, -0.1) is 0 Å². The van der Waals surface area contributed by atoms with Crippen molar-refractivity contribution in [1.29, 1.82) is 0 Å². The number of halogens is 2. The van der Waals surface area contributed by atoms with E-state index in [1.165, 1.54) is 11.6 Å². The minimum atomic E-state index is -0.422. The Hall–Kier alpha value is -2.58. The van der Waals surface area contributed by atoms with Crippen LogP contribution in [0.3, 0.4) is 0 Å². The molecule has 1 aliphatic heterocycles. The Morgan fingerprint density at radius 2 is 1.82 bits per heavy atom. The van der Waals surface area contributed by atoms with Gasteiger partial charge in [0, 0.05) is 14.1 Å². The van der Waals surface area contributed by atoms with Crippen molar-refractivity contribution in [3.05, 3.63) is 54.6 Å². The molecular weight excluding hydrogens is 403 g/mol. The number of aryl methyl sites for hydroxylation is 1. The van der Waals surface area contributed by atoms with E-state index < -0.39 is 5.69 Å². The average molecular weight is 421 g/mol. The lowest BCUT2D eigenvalue weighted by Gasteiger charge is -2.29. The molecule has 0 aliphatic carbocycles. The molecule has 4 rings (SSSR count). The quantitative estimate of drug-likeness (QED) is 0.638. The highest BCUT2D eigenvalue weighted by Gasteiger charge is 2.30. The Bertz CT molecular complexity index is 1270. The molecule has 0 spiro atoms. The van der Waals surface area contributed by atoms with Gasteiger partial charge in [0.1, 0.15) is 0 Å². The SMILES string of the molecule is CC1=NN(Cc2ccc(Cl)c(Cl)c2)c2nc3c(c(=O)n(C)c(=O)n3C)n2[C@@H]1C. The third kappa shape index (κ3) is 2.67. The fourth-order valence-electron chi connectivity index (χ4n) is 3.37. The van der Waals surface area contributed by atoms with Crippen molar-refractivity contribution in [2.75, 3.05) is 5.01 Å². The first-order valence-corrected chi connectivity index (χ1v) is 9.40. The molecule has 0 fully saturated rings. The standard InChI is InChI=1S/C18H18Cl2N6O2/c1-9-10(2)26-14-15(23(3)18(28)24(4)16(14)27)21-17(26)25(22-9)8-11-5-6-12(19)13(20)7-11/h5-7,10H,8H2,1-4H3/t10-/m1/s1. The Balaban J connectivity index is 1.94. The summed E-state index contributed by atoms with van der Waals surface area (Å²) >= 11 is 12.1. The normalized spacial score (nSPS) is 16.4. The van der Waals surface area contributed by atoms with Crippen LogP contribution in [-0.2, 0) is 20.6 Å². The summed E-state index contributed by atoms with van der Waals surface area (Å²) in [4.78, 5) is 29.7. The maximum absolute atomic E-state index is 12.8. The van der Waals surface area contributed by atoms with Crippen LogP contribution < -0.4 is 16.3 Å². The van der Waals surface area contributed by atoms with Crippen LogP contribution in [0.4, 0.5) is 5.95 Å². The van der Waals surface area contributed by atoms with Gasteiger partial charge in [0.25, 0.3) is 5.56 Å². The molecule has 0 N–H and O–H groups in total. The lowest BCUT2D eigenvalue weighted by atomic mass is 10.2. The summed E-state index contributed by atoms with van der Waals surface area (Å²) in [6.07, 6.45) is 0. The van der Waals surface area contributed by atoms with Crippen molar-refractivity contribution in [1.82, 2.24) is 18.7 Å². The minimum Gasteiger partial charge on any atom is -0.294 e. The first-order chi connectivity index (χ1) is 13.2. The van der Waals surface area contributed by atoms with Gasteiger partial charge in [-0.05, 0) is 31.5 Å². The molecule has 28 heavy (non-hydrogen) atoms. The summed E-state index contributed by atoms with van der Waals surface area (Å²) in [5.41, 5.74) is 1.62. The molecule has 1 atom stereocenters. The molecule has 146 valence electrons. The highest BCUT2D eigenvalue weighted by atomic mass is 35.5. The number of hydrogen-bond donors (Lipinski definition) is 0. The predicted molar refractivity (Wildman–Crippen MR) is 111 cm³/mol. The topological polar surface area (TPSA) is 77.4 Å². The summed E-state index contributed by atoms with van der Waals surface area (Å²) in [6.45, 7) is 4.23. The van der Waals surface area contributed by atoms with Crippen LogP contribution in [0.15, 0.2) is 32.9 Å². The van der Waals surface area contributed by atoms with Crippen LogP contribution in [-0.4, -0.2) is 24.4 Å². The van der Waals surface area contributed by atoms with Crippen molar-refractivity contribution < 1.29 is 0 Å². The highest BCUT2D eigenvalue weighted by Crippen LogP contribution is 2.31. The second kappa shape index (κ2) is 6.49. The maximum Gasteiger partial charge on any atom is 0.332 e. The molecule has 0 saturated heterocycles. The Labute approximate surface area is 170 Å². The number of imidazole rings is 1. The second-order valence-corrected chi connectivity index (χ2v) is 7.70. The van der Waals surface area contributed by atoms with E-state index in [1.54, 1.807) is 24.2 Å². The molecule has 0 saturated carbocycles. The summed E-state index contributed by atoms with van der Waals surface area (Å²) in [6, 6.07) is 5.19. The van der Waals surface area contributed by atoms with Crippen LogP contribution in [0.2, 0.25) is 10.0 Å². The summed E-state index contributed by atoms with van der Waals surface area (Å²) in [5.74, 6) is 0.498. The van der Waals surface area contributed by atoms with Crippen LogP contribution in [0.25, 0.3) is 11.2 Å². The van der Waals surface area contributed by atoms with E-state index in [-0.39, 0.29) is 11.6 Å². The monoisotopic (exact) mass is 420 g/mol. The first kappa shape index (κ1) is 18.8. The molecule has 3 heterocycles. The average Bonchev–Trinajstić information content (AvgIpc) is 3.06. The molecule has 0 bridgehead atoms. The predicted octanol–water partition coefficient (Wildman–Crippen LogP) is 2.70. The zero-order valence-electron chi connectivity index (χ0n) is 15.8. The van der Waals surface area contributed by atoms with Gasteiger partial charge in [0.15, 0.2) is 11.2 Å².